The van der Waals surface area contributed by atoms with Crippen LogP contribution in [0.1, 0.15) is 108 Å². The van der Waals surface area contributed by atoms with E-state index in [2.05, 4.69) is 38.1 Å². The molecule has 2 heteroatoms. The van der Waals surface area contributed by atoms with E-state index < -0.39 is 5.97 Å². The Kier molecular flexibility index (Phi) is 8.21. The van der Waals surface area contributed by atoms with E-state index in [1.54, 1.807) is 0 Å². The second-order valence-corrected chi connectivity index (χ2v) is 9.93. The fraction of sp³-hybridized carbons (Fsp3) is 0.741. The molecule has 0 saturated heterocycles. The Bertz CT molecular complexity index is 616. The second kappa shape index (κ2) is 10.6. The SMILES string of the molecule is CCCCCc1ccc(C2(C3CCC(CCC)CC3)CCC(C(=O)O)CC2)cc1. The average molecular weight is 399 g/mol. The van der Waals surface area contributed by atoms with Crippen molar-refractivity contribution >= 4 is 5.97 Å². The molecule has 2 fully saturated rings. The molecule has 1 N–H and O–H groups in total. The largest absolute Gasteiger partial charge is 0.481 e. The summed E-state index contributed by atoms with van der Waals surface area (Å²) in [6, 6.07) is 9.53. The number of carboxylic acids is 1. The number of hydrogen-bond acceptors (Lipinski definition) is 1. The van der Waals surface area contributed by atoms with Crippen LogP contribution in [0.3, 0.4) is 0 Å². The molecule has 3 rings (SSSR count). The standard InChI is InChI=1S/C27H42O2/c1-3-5-6-8-22-11-15-25(16-12-22)27(19-17-23(18-20-27)26(28)29)24-13-9-21(7-4-2)10-14-24/h11-12,15-16,21,23-24H,3-10,13-14,17-20H2,1-2H3,(H,28,29). The Morgan fingerprint density at radius 1 is 0.931 bits per heavy atom. The zero-order valence-corrected chi connectivity index (χ0v) is 18.8. The highest BCUT2D eigenvalue weighted by molar-refractivity contribution is 5.70. The van der Waals surface area contributed by atoms with E-state index in [-0.39, 0.29) is 11.3 Å². The maximum Gasteiger partial charge on any atom is 0.306 e. The number of carboxylic acid groups (broad SMARTS) is 1. The lowest BCUT2D eigenvalue weighted by Crippen LogP contribution is -2.42. The van der Waals surface area contributed by atoms with E-state index in [4.69, 9.17) is 0 Å². The van der Waals surface area contributed by atoms with E-state index in [0.29, 0.717) is 0 Å². The average Bonchev–Trinajstić information content (AvgIpc) is 2.75. The number of hydrogen-bond donors (Lipinski definition) is 1. The van der Waals surface area contributed by atoms with Crippen molar-refractivity contribution in [3.05, 3.63) is 35.4 Å². The molecule has 1 aromatic carbocycles. The molecule has 0 aliphatic heterocycles. The van der Waals surface area contributed by atoms with Crippen LogP contribution in [0.4, 0.5) is 0 Å². The minimum atomic E-state index is -0.587. The number of rotatable bonds is 9. The first-order chi connectivity index (χ1) is 14.1. The zero-order valence-electron chi connectivity index (χ0n) is 18.8. The quantitative estimate of drug-likeness (QED) is 0.436. The van der Waals surface area contributed by atoms with Crippen LogP contribution in [0.15, 0.2) is 24.3 Å². The topological polar surface area (TPSA) is 37.3 Å². The molecule has 0 spiro atoms. The van der Waals surface area contributed by atoms with Crippen molar-refractivity contribution in [2.45, 2.75) is 109 Å². The lowest BCUT2D eigenvalue weighted by Gasteiger charge is -2.48. The summed E-state index contributed by atoms with van der Waals surface area (Å²) in [4.78, 5) is 11.6. The molecule has 29 heavy (non-hydrogen) atoms. The fourth-order valence-electron chi connectivity index (χ4n) is 6.31. The van der Waals surface area contributed by atoms with Crippen LogP contribution in [0.25, 0.3) is 0 Å². The summed E-state index contributed by atoms with van der Waals surface area (Å²) in [6.45, 7) is 4.57. The van der Waals surface area contributed by atoms with Gasteiger partial charge in [-0.2, -0.15) is 0 Å². The molecule has 0 unspecified atom stereocenters. The molecular formula is C27H42O2. The monoisotopic (exact) mass is 398 g/mol. The third-order valence-corrected chi connectivity index (χ3v) is 8.15. The minimum absolute atomic E-state index is 0.132. The molecule has 0 heterocycles. The van der Waals surface area contributed by atoms with Gasteiger partial charge in [0.2, 0.25) is 0 Å². The molecule has 0 atom stereocenters. The number of aryl methyl sites for hydroxylation is 1. The highest BCUT2D eigenvalue weighted by Gasteiger charge is 2.45. The predicted octanol–water partition coefficient (Wildman–Crippen LogP) is 7.54. The van der Waals surface area contributed by atoms with E-state index in [1.807, 2.05) is 0 Å². The smallest absolute Gasteiger partial charge is 0.306 e. The normalized spacial score (nSPS) is 30.2. The van der Waals surface area contributed by atoms with Crippen LogP contribution in [0.5, 0.6) is 0 Å². The van der Waals surface area contributed by atoms with Crippen molar-refractivity contribution in [2.24, 2.45) is 17.8 Å². The Morgan fingerprint density at radius 2 is 1.59 bits per heavy atom. The summed E-state index contributed by atoms with van der Waals surface area (Å²) < 4.78 is 0. The first-order valence-electron chi connectivity index (χ1n) is 12.4. The van der Waals surface area contributed by atoms with Crippen molar-refractivity contribution < 1.29 is 9.90 Å². The minimum Gasteiger partial charge on any atom is -0.481 e. The van der Waals surface area contributed by atoms with Crippen LogP contribution >= 0.6 is 0 Å². The van der Waals surface area contributed by atoms with Crippen LogP contribution < -0.4 is 0 Å². The van der Waals surface area contributed by atoms with Crippen molar-refractivity contribution in [1.82, 2.24) is 0 Å². The van der Waals surface area contributed by atoms with Gasteiger partial charge in [-0.25, -0.2) is 0 Å². The molecule has 1 aromatic rings. The van der Waals surface area contributed by atoms with Gasteiger partial charge in [-0.05, 0) is 79.7 Å². The van der Waals surface area contributed by atoms with Gasteiger partial charge in [0.15, 0.2) is 0 Å². The van der Waals surface area contributed by atoms with Crippen molar-refractivity contribution in [2.75, 3.05) is 0 Å². The second-order valence-electron chi connectivity index (χ2n) is 9.93. The molecule has 0 amide bonds. The molecular weight excluding hydrogens is 356 g/mol. The van der Waals surface area contributed by atoms with Crippen molar-refractivity contribution in [3.63, 3.8) is 0 Å². The molecule has 0 bridgehead atoms. The molecule has 0 aromatic heterocycles. The van der Waals surface area contributed by atoms with Gasteiger partial charge >= 0.3 is 5.97 Å². The molecule has 0 radical (unpaired) electrons. The van der Waals surface area contributed by atoms with Gasteiger partial charge in [-0.1, -0.05) is 76.6 Å². The maximum atomic E-state index is 11.6. The van der Waals surface area contributed by atoms with Gasteiger partial charge < -0.3 is 5.11 Å². The van der Waals surface area contributed by atoms with Gasteiger partial charge in [-0.3, -0.25) is 4.79 Å². The third-order valence-electron chi connectivity index (χ3n) is 8.15. The van der Waals surface area contributed by atoms with Gasteiger partial charge in [0.1, 0.15) is 0 Å². The fourth-order valence-corrected chi connectivity index (χ4v) is 6.31. The summed E-state index contributed by atoms with van der Waals surface area (Å²) in [6.07, 6.45) is 17.0. The molecule has 2 aliphatic rings. The molecule has 2 nitrogen and oxygen atoms in total. The van der Waals surface area contributed by atoms with Gasteiger partial charge in [0.25, 0.3) is 0 Å². The molecule has 2 aliphatic carbocycles. The predicted molar refractivity (Wildman–Crippen MR) is 121 cm³/mol. The Balaban J connectivity index is 1.76. The number of benzene rings is 1. The highest BCUT2D eigenvalue weighted by Crippen LogP contribution is 2.52. The van der Waals surface area contributed by atoms with Crippen LogP contribution in [-0.2, 0) is 16.6 Å². The summed E-state index contributed by atoms with van der Waals surface area (Å²) >= 11 is 0. The summed E-state index contributed by atoms with van der Waals surface area (Å²) in [5, 5.41) is 9.52. The molecule has 162 valence electrons. The first kappa shape index (κ1) is 22.4. The summed E-state index contributed by atoms with van der Waals surface area (Å²) in [7, 11) is 0. The Hall–Kier alpha value is -1.31. The van der Waals surface area contributed by atoms with Crippen molar-refractivity contribution in [1.29, 1.82) is 0 Å². The Morgan fingerprint density at radius 3 is 2.14 bits per heavy atom. The molecule has 2 saturated carbocycles. The van der Waals surface area contributed by atoms with Gasteiger partial charge in [-0.15, -0.1) is 0 Å². The van der Waals surface area contributed by atoms with E-state index in [0.717, 1.165) is 37.5 Å². The third kappa shape index (κ3) is 5.44. The van der Waals surface area contributed by atoms with Gasteiger partial charge in [0, 0.05) is 0 Å². The van der Waals surface area contributed by atoms with E-state index in [9.17, 15) is 9.90 Å². The number of unbranched alkanes of at least 4 members (excludes halogenated alkanes) is 2. The van der Waals surface area contributed by atoms with E-state index >= 15 is 0 Å². The summed E-state index contributed by atoms with van der Waals surface area (Å²) in [5.74, 6) is 0.935. The van der Waals surface area contributed by atoms with E-state index in [1.165, 1.54) is 75.3 Å². The highest BCUT2D eigenvalue weighted by atomic mass is 16.4. The first-order valence-corrected chi connectivity index (χ1v) is 12.4. The maximum absolute atomic E-state index is 11.6. The zero-order chi connectivity index (χ0) is 20.7. The van der Waals surface area contributed by atoms with Crippen LogP contribution in [0, 0.1) is 17.8 Å². The lowest BCUT2D eigenvalue weighted by atomic mass is 9.56. The Labute approximate surface area is 178 Å². The van der Waals surface area contributed by atoms with Crippen LogP contribution in [-0.4, -0.2) is 11.1 Å². The number of carbonyl (C=O) groups is 1. The van der Waals surface area contributed by atoms with Gasteiger partial charge in [0.05, 0.1) is 5.92 Å². The number of aliphatic carboxylic acids is 1. The summed E-state index contributed by atoms with van der Waals surface area (Å²) in [5.41, 5.74) is 3.17. The van der Waals surface area contributed by atoms with Crippen molar-refractivity contribution in [3.8, 4) is 0 Å². The lowest BCUT2D eigenvalue weighted by molar-refractivity contribution is -0.143. The van der Waals surface area contributed by atoms with Crippen LogP contribution in [0.2, 0.25) is 0 Å².